The van der Waals surface area contributed by atoms with Crippen LogP contribution in [0.3, 0.4) is 0 Å². The largest absolute Gasteiger partial charge is 0.457 e. The maximum atomic E-state index is 11.1. The van der Waals surface area contributed by atoms with E-state index < -0.39 is 18.2 Å². The number of hydrogen-bond acceptors (Lipinski definition) is 4. The van der Waals surface area contributed by atoms with Gasteiger partial charge in [0, 0.05) is 24.1 Å². The summed E-state index contributed by atoms with van der Waals surface area (Å²) in [5, 5.41) is 10.8. The third-order valence-corrected chi connectivity index (χ3v) is 3.16. The fourth-order valence-corrected chi connectivity index (χ4v) is 2.01. The van der Waals surface area contributed by atoms with E-state index in [1.54, 1.807) is 24.3 Å². The zero-order valence-corrected chi connectivity index (χ0v) is 12.6. The molecule has 0 unspecified atom stereocenters. The average molecular weight is 301 g/mol. The number of hydrogen-bond donors (Lipinski definition) is 1. The highest BCUT2D eigenvalue weighted by Crippen LogP contribution is 2.26. The monoisotopic (exact) mass is 300 g/mol. The molecule has 0 aliphatic rings. The Morgan fingerprint density at radius 2 is 2.10 bits per heavy atom. The van der Waals surface area contributed by atoms with E-state index in [-0.39, 0.29) is 6.61 Å². The Kier molecular flexibility index (Phi) is 7.59. The SMILES string of the molecule is CCCCOC[C@H](OC(C)=O)[C@H](O)c1ccccc1Cl. The molecule has 112 valence electrons. The molecule has 0 amide bonds. The van der Waals surface area contributed by atoms with Crippen molar-refractivity contribution in [1.82, 2.24) is 0 Å². The summed E-state index contributed by atoms with van der Waals surface area (Å²) < 4.78 is 10.6. The first-order chi connectivity index (χ1) is 9.56. The molecule has 0 aliphatic heterocycles. The van der Waals surface area contributed by atoms with Crippen LogP contribution >= 0.6 is 11.6 Å². The van der Waals surface area contributed by atoms with Crippen LogP contribution in [0.5, 0.6) is 0 Å². The zero-order chi connectivity index (χ0) is 15.0. The van der Waals surface area contributed by atoms with Crippen LogP contribution in [0, 0.1) is 0 Å². The molecular weight excluding hydrogens is 280 g/mol. The van der Waals surface area contributed by atoms with Crippen molar-refractivity contribution in [3.8, 4) is 0 Å². The molecular formula is C15H21ClO4. The van der Waals surface area contributed by atoms with Gasteiger partial charge in [0.05, 0.1) is 6.61 Å². The Labute approximate surface area is 124 Å². The van der Waals surface area contributed by atoms with Gasteiger partial charge in [0.2, 0.25) is 0 Å². The van der Waals surface area contributed by atoms with Crippen LogP contribution in [0.1, 0.15) is 38.4 Å². The lowest BCUT2D eigenvalue weighted by Crippen LogP contribution is -2.29. The molecule has 5 heteroatoms. The number of carbonyl (C=O) groups is 1. The van der Waals surface area contributed by atoms with Crippen LogP contribution < -0.4 is 0 Å². The van der Waals surface area contributed by atoms with Gasteiger partial charge in [-0.15, -0.1) is 0 Å². The van der Waals surface area contributed by atoms with E-state index in [2.05, 4.69) is 6.92 Å². The molecule has 1 aromatic rings. The maximum Gasteiger partial charge on any atom is 0.303 e. The van der Waals surface area contributed by atoms with E-state index >= 15 is 0 Å². The smallest absolute Gasteiger partial charge is 0.303 e. The highest BCUT2D eigenvalue weighted by atomic mass is 35.5. The lowest BCUT2D eigenvalue weighted by molar-refractivity contribution is -0.157. The number of carbonyl (C=O) groups excluding carboxylic acids is 1. The Bertz CT molecular complexity index is 422. The minimum Gasteiger partial charge on any atom is -0.457 e. The van der Waals surface area contributed by atoms with E-state index in [0.717, 1.165) is 12.8 Å². The molecule has 0 spiro atoms. The van der Waals surface area contributed by atoms with Gasteiger partial charge in [0.1, 0.15) is 6.10 Å². The number of aliphatic hydroxyl groups excluding tert-OH is 1. The van der Waals surface area contributed by atoms with Crippen LogP contribution in [-0.4, -0.2) is 30.4 Å². The molecule has 1 aromatic carbocycles. The van der Waals surface area contributed by atoms with Crippen molar-refractivity contribution >= 4 is 17.6 Å². The quantitative estimate of drug-likeness (QED) is 0.592. The molecule has 0 aromatic heterocycles. The third-order valence-electron chi connectivity index (χ3n) is 2.82. The van der Waals surface area contributed by atoms with Crippen LogP contribution in [0.4, 0.5) is 0 Å². The number of ether oxygens (including phenoxy) is 2. The second kappa shape index (κ2) is 8.95. The summed E-state index contributed by atoms with van der Waals surface area (Å²) in [4.78, 5) is 11.1. The Hall–Kier alpha value is -1.10. The summed E-state index contributed by atoms with van der Waals surface area (Å²) >= 11 is 6.04. The Morgan fingerprint density at radius 1 is 1.40 bits per heavy atom. The maximum absolute atomic E-state index is 11.1. The molecule has 0 saturated heterocycles. The fraction of sp³-hybridized carbons (Fsp3) is 0.533. The highest BCUT2D eigenvalue weighted by molar-refractivity contribution is 6.31. The molecule has 0 fully saturated rings. The van der Waals surface area contributed by atoms with Gasteiger partial charge in [-0.1, -0.05) is 43.1 Å². The zero-order valence-electron chi connectivity index (χ0n) is 11.8. The van der Waals surface area contributed by atoms with Crippen molar-refractivity contribution in [2.75, 3.05) is 13.2 Å². The van der Waals surface area contributed by atoms with Crippen LogP contribution in [-0.2, 0) is 14.3 Å². The van der Waals surface area contributed by atoms with Crippen LogP contribution in [0.25, 0.3) is 0 Å². The predicted molar refractivity (Wildman–Crippen MR) is 77.7 cm³/mol. The lowest BCUT2D eigenvalue weighted by Gasteiger charge is -2.23. The average Bonchev–Trinajstić information content (AvgIpc) is 2.41. The van der Waals surface area contributed by atoms with Crippen molar-refractivity contribution < 1.29 is 19.4 Å². The first kappa shape index (κ1) is 17.0. The van der Waals surface area contributed by atoms with Gasteiger partial charge in [-0.2, -0.15) is 0 Å². The molecule has 4 nitrogen and oxygen atoms in total. The van der Waals surface area contributed by atoms with Crippen molar-refractivity contribution in [1.29, 1.82) is 0 Å². The summed E-state index contributed by atoms with van der Waals surface area (Å²) in [5.74, 6) is -0.458. The van der Waals surface area contributed by atoms with E-state index in [4.69, 9.17) is 21.1 Å². The number of aliphatic hydroxyl groups is 1. The molecule has 1 N–H and O–H groups in total. The van der Waals surface area contributed by atoms with Gasteiger partial charge in [0.15, 0.2) is 6.10 Å². The van der Waals surface area contributed by atoms with E-state index in [1.807, 2.05) is 0 Å². The minimum absolute atomic E-state index is 0.145. The highest BCUT2D eigenvalue weighted by Gasteiger charge is 2.25. The van der Waals surface area contributed by atoms with Crippen molar-refractivity contribution in [2.24, 2.45) is 0 Å². The van der Waals surface area contributed by atoms with Crippen molar-refractivity contribution in [2.45, 2.75) is 38.9 Å². The Morgan fingerprint density at radius 3 is 2.70 bits per heavy atom. The number of esters is 1. The molecule has 0 heterocycles. The van der Waals surface area contributed by atoms with Gasteiger partial charge in [0.25, 0.3) is 0 Å². The fourth-order valence-electron chi connectivity index (χ4n) is 1.76. The number of benzene rings is 1. The molecule has 0 bridgehead atoms. The summed E-state index contributed by atoms with van der Waals surface area (Å²) in [6.45, 7) is 4.08. The first-order valence-electron chi connectivity index (χ1n) is 6.73. The van der Waals surface area contributed by atoms with Gasteiger partial charge >= 0.3 is 5.97 Å². The summed E-state index contributed by atoms with van der Waals surface area (Å²) in [7, 11) is 0. The van der Waals surface area contributed by atoms with Gasteiger partial charge in [-0.05, 0) is 12.5 Å². The number of rotatable bonds is 8. The molecule has 0 aliphatic carbocycles. The van der Waals surface area contributed by atoms with E-state index in [1.165, 1.54) is 6.92 Å². The first-order valence-corrected chi connectivity index (χ1v) is 7.11. The van der Waals surface area contributed by atoms with E-state index in [9.17, 15) is 9.90 Å². The summed E-state index contributed by atoms with van der Waals surface area (Å²) in [5.41, 5.74) is 0.527. The summed E-state index contributed by atoms with van der Waals surface area (Å²) in [6, 6.07) is 6.93. The molecule has 2 atom stereocenters. The number of halogens is 1. The third kappa shape index (κ3) is 5.49. The molecule has 20 heavy (non-hydrogen) atoms. The second-order valence-corrected chi connectivity index (χ2v) is 4.95. The van der Waals surface area contributed by atoms with Crippen molar-refractivity contribution in [3.05, 3.63) is 34.9 Å². The standard InChI is InChI=1S/C15H21ClO4/c1-3-4-9-19-10-14(20-11(2)17)15(18)12-7-5-6-8-13(12)16/h5-8,14-15,18H,3-4,9-10H2,1-2H3/t14-,15+/m0/s1. The van der Waals surface area contributed by atoms with Crippen LogP contribution in [0.15, 0.2) is 24.3 Å². The lowest BCUT2D eigenvalue weighted by atomic mass is 10.0. The minimum atomic E-state index is -1.01. The topological polar surface area (TPSA) is 55.8 Å². The van der Waals surface area contributed by atoms with Gasteiger partial charge in [-0.25, -0.2) is 0 Å². The Balaban J connectivity index is 2.71. The molecule has 0 saturated carbocycles. The van der Waals surface area contributed by atoms with Crippen LogP contribution in [0.2, 0.25) is 5.02 Å². The number of unbranched alkanes of at least 4 members (excludes halogenated alkanes) is 1. The van der Waals surface area contributed by atoms with Gasteiger partial charge < -0.3 is 14.6 Å². The van der Waals surface area contributed by atoms with Gasteiger partial charge in [-0.3, -0.25) is 4.79 Å². The molecule has 1 rings (SSSR count). The van der Waals surface area contributed by atoms with E-state index in [0.29, 0.717) is 17.2 Å². The summed E-state index contributed by atoms with van der Waals surface area (Å²) in [6.07, 6.45) is 0.179. The second-order valence-electron chi connectivity index (χ2n) is 4.54. The predicted octanol–water partition coefficient (Wildman–Crippen LogP) is 3.12. The normalized spacial score (nSPS) is 13.8. The van der Waals surface area contributed by atoms with Crippen molar-refractivity contribution in [3.63, 3.8) is 0 Å². The molecule has 0 radical (unpaired) electrons.